The highest BCUT2D eigenvalue weighted by Gasteiger charge is 2.42. The van der Waals surface area contributed by atoms with Gasteiger partial charge in [0.2, 0.25) is 0 Å². The molecule has 100 valence electrons. The molecule has 3 N–H and O–H groups in total. The van der Waals surface area contributed by atoms with Crippen molar-refractivity contribution in [3.8, 4) is 5.75 Å². The Labute approximate surface area is 102 Å². The van der Waals surface area contributed by atoms with E-state index in [-0.39, 0.29) is 11.3 Å². The lowest BCUT2D eigenvalue weighted by Crippen LogP contribution is -2.54. The standard InChI is InChI=1S/C12H14F3NO2/c1-11(2)10(16)9(17)7-5-6(12(13,14)15)3-4-8(7)18-11/h3-5,9-10,17H,16H2,1-2H3/t9-,10+/m0/s1. The van der Waals surface area contributed by atoms with Crippen molar-refractivity contribution in [2.45, 2.75) is 37.8 Å². The van der Waals surface area contributed by atoms with Crippen LogP contribution < -0.4 is 10.5 Å². The molecule has 1 aliphatic heterocycles. The Morgan fingerprint density at radius 1 is 1.33 bits per heavy atom. The monoisotopic (exact) mass is 261 g/mol. The van der Waals surface area contributed by atoms with Crippen molar-refractivity contribution in [2.75, 3.05) is 0 Å². The number of alkyl halides is 3. The fourth-order valence-corrected chi connectivity index (χ4v) is 1.97. The van der Waals surface area contributed by atoms with E-state index in [1.807, 2.05) is 0 Å². The van der Waals surface area contributed by atoms with Gasteiger partial charge in [0.25, 0.3) is 0 Å². The van der Waals surface area contributed by atoms with Gasteiger partial charge in [-0.2, -0.15) is 13.2 Å². The lowest BCUT2D eigenvalue weighted by molar-refractivity contribution is -0.137. The van der Waals surface area contributed by atoms with Crippen LogP contribution in [-0.2, 0) is 6.18 Å². The predicted octanol–water partition coefficient (Wildman–Crippen LogP) is 2.24. The van der Waals surface area contributed by atoms with Crippen molar-refractivity contribution in [1.82, 2.24) is 0 Å². The topological polar surface area (TPSA) is 55.5 Å². The van der Waals surface area contributed by atoms with E-state index in [1.165, 1.54) is 6.07 Å². The molecule has 0 spiro atoms. The number of halogens is 3. The molecule has 1 aliphatic rings. The van der Waals surface area contributed by atoms with Gasteiger partial charge in [0.15, 0.2) is 0 Å². The first-order chi connectivity index (χ1) is 8.13. The van der Waals surface area contributed by atoms with Crippen LogP contribution in [0.15, 0.2) is 18.2 Å². The van der Waals surface area contributed by atoms with Crippen molar-refractivity contribution >= 4 is 0 Å². The fraction of sp³-hybridized carbons (Fsp3) is 0.500. The second-order valence-corrected chi connectivity index (χ2v) is 4.93. The molecule has 0 aliphatic carbocycles. The fourth-order valence-electron chi connectivity index (χ4n) is 1.97. The lowest BCUT2D eigenvalue weighted by Gasteiger charge is -2.41. The van der Waals surface area contributed by atoms with Gasteiger partial charge < -0.3 is 15.6 Å². The van der Waals surface area contributed by atoms with Gasteiger partial charge in [0.1, 0.15) is 17.5 Å². The molecule has 6 heteroatoms. The van der Waals surface area contributed by atoms with Crippen LogP contribution in [0.5, 0.6) is 5.75 Å². The minimum Gasteiger partial charge on any atom is -0.486 e. The van der Waals surface area contributed by atoms with Gasteiger partial charge in [-0.05, 0) is 32.0 Å². The molecule has 0 aromatic heterocycles. The summed E-state index contributed by atoms with van der Waals surface area (Å²) in [4.78, 5) is 0. The molecule has 3 nitrogen and oxygen atoms in total. The first-order valence-electron chi connectivity index (χ1n) is 5.47. The van der Waals surface area contributed by atoms with Gasteiger partial charge in [0, 0.05) is 5.56 Å². The van der Waals surface area contributed by atoms with Crippen LogP contribution in [0.25, 0.3) is 0 Å². The molecular weight excluding hydrogens is 247 g/mol. The summed E-state index contributed by atoms with van der Waals surface area (Å²) in [5, 5.41) is 9.98. The number of fused-ring (bicyclic) bond motifs is 1. The average Bonchev–Trinajstić information content (AvgIpc) is 2.24. The minimum atomic E-state index is -4.45. The Morgan fingerprint density at radius 2 is 1.94 bits per heavy atom. The Bertz CT molecular complexity index is 471. The maximum absolute atomic E-state index is 12.6. The number of nitrogens with two attached hydrogens (primary N) is 1. The molecule has 0 saturated heterocycles. The normalized spacial score (nSPS) is 26.4. The van der Waals surface area contributed by atoms with E-state index >= 15 is 0 Å². The maximum Gasteiger partial charge on any atom is 0.416 e. The van der Waals surface area contributed by atoms with Crippen molar-refractivity contribution in [3.63, 3.8) is 0 Å². The van der Waals surface area contributed by atoms with E-state index in [2.05, 4.69) is 0 Å². The van der Waals surface area contributed by atoms with Gasteiger partial charge in [0.05, 0.1) is 11.6 Å². The number of aliphatic hydroxyl groups is 1. The zero-order valence-corrected chi connectivity index (χ0v) is 9.95. The van der Waals surface area contributed by atoms with Crippen LogP contribution in [0, 0.1) is 0 Å². The number of ether oxygens (including phenoxy) is 1. The molecule has 2 atom stereocenters. The molecule has 0 bridgehead atoms. The SMILES string of the molecule is CC1(C)Oc2ccc(C(F)(F)F)cc2[C@H](O)[C@H]1N. The summed E-state index contributed by atoms with van der Waals surface area (Å²) < 4.78 is 43.3. The van der Waals surface area contributed by atoms with Crippen LogP contribution in [-0.4, -0.2) is 16.7 Å². The zero-order valence-electron chi connectivity index (χ0n) is 9.95. The third-order valence-corrected chi connectivity index (χ3v) is 3.17. The third kappa shape index (κ3) is 2.06. The lowest BCUT2D eigenvalue weighted by atomic mass is 9.86. The van der Waals surface area contributed by atoms with Crippen LogP contribution in [0.4, 0.5) is 13.2 Å². The summed E-state index contributed by atoms with van der Waals surface area (Å²) >= 11 is 0. The molecule has 0 radical (unpaired) electrons. The average molecular weight is 261 g/mol. The van der Waals surface area contributed by atoms with E-state index in [9.17, 15) is 18.3 Å². The highest BCUT2D eigenvalue weighted by Crippen LogP contribution is 2.41. The highest BCUT2D eigenvalue weighted by atomic mass is 19.4. The molecule has 0 amide bonds. The minimum absolute atomic E-state index is 0.0802. The Hall–Kier alpha value is -1.27. The highest BCUT2D eigenvalue weighted by molar-refractivity contribution is 5.43. The molecule has 0 saturated carbocycles. The molecule has 1 aromatic rings. The third-order valence-electron chi connectivity index (χ3n) is 3.17. The summed E-state index contributed by atoms with van der Waals surface area (Å²) in [7, 11) is 0. The van der Waals surface area contributed by atoms with Crippen LogP contribution in [0.3, 0.4) is 0 Å². The van der Waals surface area contributed by atoms with Gasteiger partial charge in [-0.3, -0.25) is 0 Å². The van der Waals surface area contributed by atoms with Gasteiger partial charge >= 0.3 is 6.18 Å². The van der Waals surface area contributed by atoms with E-state index in [0.29, 0.717) is 0 Å². The summed E-state index contributed by atoms with van der Waals surface area (Å²) in [6, 6.07) is 2.25. The summed E-state index contributed by atoms with van der Waals surface area (Å²) in [6.45, 7) is 3.36. The Kier molecular flexibility index (Phi) is 2.82. The second kappa shape index (κ2) is 3.86. The van der Waals surface area contributed by atoms with Gasteiger partial charge in [-0.1, -0.05) is 0 Å². The van der Waals surface area contributed by atoms with E-state index in [0.717, 1.165) is 12.1 Å². The first-order valence-corrected chi connectivity index (χ1v) is 5.47. The van der Waals surface area contributed by atoms with E-state index < -0.39 is 29.5 Å². The molecule has 1 aromatic carbocycles. The van der Waals surface area contributed by atoms with Crippen molar-refractivity contribution < 1.29 is 23.0 Å². The van der Waals surface area contributed by atoms with Crippen molar-refractivity contribution in [2.24, 2.45) is 5.73 Å². The molecule has 0 unspecified atom stereocenters. The number of hydrogen-bond acceptors (Lipinski definition) is 3. The molecule has 18 heavy (non-hydrogen) atoms. The number of benzene rings is 1. The Morgan fingerprint density at radius 3 is 2.50 bits per heavy atom. The smallest absolute Gasteiger partial charge is 0.416 e. The predicted molar refractivity (Wildman–Crippen MR) is 59.1 cm³/mol. The van der Waals surface area contributed by atoms with Crippen LogP contribution >= 0.6 is 0 Å². The zero-order chi connectivity index (χ0) is 13.7. The van der Waals surface area contributed by atoms with E-state index in [1.54, 1.807) is 13.8 Å². The largest absolute Gasteiger partial charge is 0.486 e. The van der Waals surface area contributed by atoms with Crippen LogP contribution in [0.1, 0.15) is 31.1 Å². The quantitative estimate of drug-likeness (QED) is 0.753. The Balaban J connectivity index is 2.49. The second-order valence-electron chi connectivity index (χ2n) is 4.93. The van der Waals surface area contributed by atoms with Crippen molar-refractivity contribution in [1.29, 1.82) is 0 Å². The number of aliphatic hydroxyl groups excluding tert-OH is 1. The van der Waals surface area contributed by atoms with Crippen LogP contribution in [0.2, 0.25) is 0 Å². The molecule has 2 rings (SSSR count). The number of rotatable bonds is 0. The molecule has 1 heterocycles. The molecule has 0 fully saturated rings. The van der Waals surface area contributed by atoms with Gasteiger partial charge in [-0.25, -0.2) is 0 Å². The number of hydrogen-bond donors (Lipinski definition) is 2. The maximum atomic E-state index is 12.6. The molecular formula is C12H14F3NO2. The summed E-state index contributed by atoms with van der Waals surface area (Å²) in [6.07, 6.45) is -5.63. The summed E-state index contributed by atoms with van der Waals surface area (Å²) in [5.74, 6) is 0.238. The van der Waals surface area contributed by atoms with Crippen molar-refractivity contribution in [3.05, 3.63) is 29.3 Å². The van der Waals surface area contributed by atoms with E-state index in [4.69, 9.17) is 10.5 Å². The summed E-state index contributed by atoms with van der Waals surface area (Å²) in [5.41, 5.74) is 4.20. The first kappa shape index (κ1) is 13.2. The van der Waals surface area contributed by atoms with Gasteiger partial charge in [-0.15, -0.1) is 0 Å².